The van der Waals surface area contributed by atoms with E-state index in [1.807, 2.05) is 17.9 Å². The van der Waals surface area contributed by atoms with E-state index in [-0.39, 0.29) is 0 Å². The average Bonchev–Trinajstić information content (AvgIpc) is 2.12. The van der Waals surface area contributed by atoms with Gasteiger partial charge in [0, 0.05) is 19.5 Å². The zero-order valence-corrected chi connectivity index (χ0v) is 5.85. The predicted molar refractivity (Wildman–Crippen MR) is 35.6 cm³/mol. The maximum absolute atomic E-state index is 10.2. The second kappa shape index (κ2) is 2.24. The third-order valence-electron chi connectivity index (χ3n) is 1.88. The highest BCUT2D eigenvalue weighted by atomic mass is 16.1. The minimum atomic E-state index is 0.424. The van der Waals surface area contributed by atoms with E-state index in [2.05, 4.69) is 6.92 Å². The standard InChI is InChI=1S/C7H11NO/c1-6-3-4-8(2)7(6)5-9/h6H,3-4H2,1-2H3. The van der Waals surface area contributed by atoms with Gasteiger partial charge in [-0.05, 0) is 6.42 Å². The number of carbonyl (C=O) groups excluding carboxylic acids is 1. The smallest absolute Gasteiger partial charge is 0.146 e. The molecule has 0 aromatic rings. The summed E-state index contributed by atoms with van der Waals surface area (Å²) in [6.45, 7) is 3.06. The first-order chi connectivity index (χ1) is 4.25. The lowest BCUT2D eigenvalue weighted by atomic mass is 10.1. The van der Waals surface area contributed by atoms with Crippen LogP contribution in [0.15, 0.2) is 5.70 Å². The normalized spacial score (nSPS) is 26.7. The molecule has 1 fully saturated rings. The van der Waals surface area contributed by atoms with Crippen molar-refractivity contribution in [3.8, 4) is 0 Å². The molecule has 1 aliphatic heterocycles. The molecule has 1 atom stereocenters. The Kier molecular flexibility index (Phi) is 1.58. The van der Waals surface area contributed by atoms with Gasteiger partial charge in [0.05, 0.1) is 0 Å². The Balaban J connectivity index is 2.78. The molecular formula is C7H11NO. The van der Waals surface area contributed by atoms with Gasteiger partial charge in [-0.15, -0.1) is 0 Å². The van der Waals surface area contributed by atoms with Crippen LogP contribution in [0.4, 0.5) is 0 Å². The summed E-state index contributed by atoms with van der Waals surface area (Å²) < 4.78 is 0. The molecule has 1 heterocycles. The third kappa shape index (κ3) is 0.984. The minimum absolute atomic E-state index is 0.424. The van der Waals surface area contributed by atoms with Crippen LogP contribution < -0.4 is 0 Å². The van der Waals surface area contributed by atoms with E-state index in [0.717, 1.165) is 18.7 Å². The monoisotopic (exact) mass is 125 g/mol. The van der Waals surface area contributed by atoms with Crippen LogP contribution in [0.2, 0.25) is 0 Å². The molecule has 50 valence electrons. The van der Waals surface area contributed by atoms with Gasteiger partial charge in [0.1, 0.15) is 11.6 Å². The molecule has 1 saturated heterocycles. The van der Waals surface area contributed by atoms with E-state index in [4.69, 9.17) is 0 Å². The average molecular weight is 125 g/mol. The Hall–Kier alpha value is -0.750. The molecule has 0 spiro atoms. The zero-order chi connectivity index (χ0) is 6.85. The number of hydrogen-bond donors (Lipinski definition) is 0. The lowest BCUT2D eigenvalue weighted by Crippen LogP contribution is -2.11. The Morgan fingerprint density at radius 3 is 2.67 bits per heavy atom. The van der Waals surface area contributed by atoms with Gasteiger partial charge in [0.2, 0.25) is 0 Å². The van der Waals surface area contributed by atoms with Crippen LogP contribution in [0, 0.1) is 5.92 Å². The summed E-state index contributed by atoms with van der Waals surface area (Å²) in [6, 6.07) is 0. The third-order valence-corrected chi connectivity index (χ3v) is 1.88. The van der Waals surface area contributed by atoms with Gasteiger partial charge in [-0.25, -0.2) is 4.79 Å². The van der Waals surface area contributed by atoms with Gasteiger partial charge in [0.25, 0.3) is 0 Å². The molecule has 0 N–H and O–H groups in total. The number of rotatable bonds is 0. The Labute approximate surface area is 55.2 Å². The van der Waals surface area contributed by atoms with Gasteiger partial charge in [-0.2, -0.15) is 0 Å². The van der Waals surface area contributed by atoms with Crippen molar-refractivity contribution in [3.63, 3.8) is 0 Å². The van der Waals surface area contributed by atoms with Crippen molar-refractivity contribution in [1.29, 1.82) is 0 Å². The van der Waals surface area contributed by atoms with Crippen molar-refractivity contribution in [2.24, 2.45) is 5.92 Å². The second-order valence-electron chi connectivity index (χ2n) is 2.60. The molecule has 0 aromatic carbocycles. The van der Waals surface area contributed by atoms with E-state index in [1.165, 1.54) is 0 Å². The fourth-order valence-electron chi connectivity index (χ4n) is 1.20. The minimum Gasteiger partial charge on any atom is -0.369 e. The Morgan fingerprint density at radius 2 is 2.44 bits per heavy atom. The van der Waals surface area contributed by atoms with Crippen molar-refractivity contribution < 1.29 is 4.79 Å². The molecule has 9 heavy (non-hydrogen) atoms. The molecule has 0 aromatic heterocycles. The molecule has 1 unspecified atom stereocenters. The number of allylic oxidation sites excluding steroid dienone is 1. The maximum Gasteiger partial charge on any atom is 0.146 e. The highest BCUT2D eigenvalue weighted by molar-refractivity contribution is 5.53. The highest BCUT2D eigenvalue weighted by Crippen LogP contribution is 2.22. The number of nitrogens with zero attached hydrogens (tertiary/aromatic N) is 1. The van der Waals surface area contributed by atoms with Crippen LogP contribution in [0.5, 0.6) is 0 Å². The van der Waals surface area contributed by atoms with Crippen molar-refractivity contribution in [3.05, 3.63) is 5.70 Å². The van der Waals surface area contributed by atoms with Crippen LogP contribution in [-0.2, 0) is 4.79 Å². The lowest BCUT2D eigenvalue weighted by molar-refractivity contribution is 0.473. The van der Waals surface area contributed by atoms with Gasteiger partial charge in [-0.3, -0.25) is 0 Å². The summed E-state index contributed by atoms with van der Waals surface area (Å²) in [6.07, 6.45) is 1.10. The second-order valence-corrected chi connectivity index (χ2v) is 2.60. The molecule has 0 amide bonds. The summed E-state index contributed by atoms with van der Waals surface area (Å²) in [5.41, 5.74) is 0.829. The van der Waals surface area contributed by atoms with Crippen LogP contribution in [-0.4, -0.2) is 24.4 Å². The van der Waals surface area contributed by atoms with E-state index in [1.54, 1.807) is 0 Å². The van der Waals surface area contributed by atoms with E-state index in [9.17, 15) is 4.79 Å². The fraction of sp³-hybridized carbons (Fsp3) is 0.714. The molecule has 0 saturated carbocycles. The highest BCUT2D eigenvalue weighted by Gasteiger charge is 2.21. The van der Waals surface area contributed by atoms with Gasteiger partial charge in [0.15, 0.2) is 0 Å². The predicted octanol–water partition coefficient (Wildman–Crippen LogP) is 0.673. The van der Waals surface area contributed by atoms with Crippen LogP contribution in [0.1, 0.15) is 13.3 Å². The quantitative estimate of drug-likeness (QED) is 0.443. The summed E-state index contributed by atoms with van der Waals surface area (Å²) in [5.74, 6) is 2.38. The van der Waals surface area contributed by atoms with Crippen LogP contribution >= 0.6 is 0 Å². The molecule has 2 nitrogen and oxygen atoms in total. The Bertz CT molecular complexity index is 146. The summed E-state index contributed by atoms with van der Waals surface area (Å²) in [7, 11) is 1.93. The van der Waals surface area contributed by atoms with E-state index < -0.39 is 0 Å². The fourth-order valence-corrected chi connectivity index (χ4v) is 1.20. The van der Waals surface area contributed by atoms with Crippen LogP contribution in [0.25, 0.3) is 0 Å². The number of hydrogen-bond acceptors (Lipinski definition) is 2. The molecular weight excluding hydrogens is 114 g/mol. The molecule has 0 bridgehead atoms. The first-order valence-electron chi connectivity index (χ1n) is 3.22. The van der Waals surface area contributed by atoms with Crippen molar-refractivity contribution in [2.75, 3.05) is 13.6 Å². The molecule has 0 radical (unpaired) electrons. The largest absolute Gasteiger partial charge is 0.369 e. The molecule has 2 heteroatoms. The van der Waals surface area contributed by atoms with Gasteiger partial charge < -0.3 is 4.90 Å². The summed E-state index contributed by atoms with van der Waals surface area (Å²) in [5, 5.41) is 0. The van der Waals surface area contributed by atoms with Gasteiger partial charge in [-0.1, -0.05) is 6.92 Å². The first kappa shape index (κ1) is 6.37. The zero-order valence-electron chi connectivity index (χ0n) is 5.85. The molecule has 1 aliphatic rings. The topological polar surface area (TPSA) is 20.3 Å². The van der Waals surface area contributed by atoms with Crippen LogP contribution in [0.3, 0.4) is 0 Å². The Morgan fingerprint density at radius 1 is 1.78 bits per heavy atom. The lowest BCUT2D eigenvalue weighted by Gasteiger charge is -2.08. The van der Waals surface area contributed by atoms with Crippen molar-refractivity contribution in [1.82, 2.24) is 4.90 Å². The van der Waals surface area contributed by atoms with Gasteiger partial charge >= 0.3 is 0 Å². The molecule has 1 rings (SSSR count). The van der Waals surface area contributed by atoms with E-state index in [0.29, 0.717) is 5.92 Å². The van der Waals surface area contributed by atoms with Crippen molar-refractivity contribution in [2.45, 2.75) is 13.3 Å². The maximum atomic E-state index is 10.2. The first-order valence-corrected chi connectivity index (χ1v) is 3.22. The SMILES string of the molecule is CC1CCN(C)C1=C=O. The summed E-state index contributed by atoms with van der Waals surface area (Å²) in [4.78, 5) is 12.2. The molecule has 0 aliphatic carbocycles. The number of likely N-dealkylation sites (tertiary alicyclic amines) is 1. The van der Waals surface area contributed by atoms with E-state index >= 15 is 0 Å². The summed E-state index contributed by atoms with van der Waals surface area (Å²) >= 11 is 0. The van der Waals surface area contributed by atoms with Crippen molar-refractivity contribution >= 4 is 5.94 Å².